The van der Waals surface area contributed by atoms with Crippen LogP contribution in [-0.4, -0.2) is 40.5 Å². The maximum atomic E-state index is 12.5. The van der Waals surface area contributed by atoms with Gasteiger partial charge in [0.15, 0.2) is 0 Å². The molecule has 0 aliphatic heterocycles. The second kappa shape index (κ2) is 8.68. The summed E-state index contributed by atoms with van der Waals surface area (Å²) < 4.78 is 0. The van der Waals surface area contributed by atoms with Crippen LogP contribution in [0.1, 0.15) is 46.6 Å². The van der Waals surface area contributed by atoms with Gasteiger partial charge in [-0.3, -0.25) is 14.4 Å². The number of fused-ring (bicyclic) bond motifs is 1. The van der Waals surface area contributed by atoms with Gasteiger partial charge in [-0.25, -0.2) is 0 Å². The van der Waals surface area contributed by atoms with E-state index in [0.717, 1.165) is 16.5 Å². The Kier molecular flexibility index (Phi) is 6.72. The Morgan fingerprint density at radius 1 is 1.10 bits per heavy atom. The highest BCUT2D eigenvalue weighted by atomic mass is 16.4. The molecule has 1 unspecified atom stereocenters. The number of hydrogen-bond donors (Lipinski definition) is 4. The van der Waals surface area contributed by atoms with Gasteiger partial charge in [0.1, 0.15) is 5.41 Å². The van der Waals surface area contributed by atoms with Crippen molar-refractivity contribution in [2.45, 2.75) is 53.5 Å². The Balaban J connectivity index is 2.15. The monoisotopic (exact) mass is 401 g/mol. The summed E-state index contributed by atoms with van der Waals surface area (Å²) in [4.78, 5) is 39.3. The first-order valence-corrected chi connectivity index (χ1v) is 9.76. The number of nitrogens with one attached hydrogen (secondary N) is 3. The van der Waals surface area contributed by atoms with Crippen molar-refractivity contribution in [3.05, 3.63) is 36.0 Å². The van der Waals surface area contributed by atoms with Crippen molar-refractivity contribution in [1.82, 2.24) is 15.6 Å². The van der Waals surface area contributed by atoms with Crippen molar-refractivity contribution in [3.63, 3.8) is 0 Å². The fourth-order valence-electron chi connectivity index (χ4n) is 3.03. The molecule has 1 heterocycles. The van der Waals surface area contributed by atoms with Gasteiger partial charge in [0.25, 0.3) is 0 Å². The van der Waals surface area contributed by atoms with Crippen LogP contribution in [0.3, 0.4) is 0 Å². The number of carbonyl (C=O) groups excluding carboxylic acids is 2. The second-order valence-corrected chi connectivity index (χ2v) is 9.21. The van der Waals surface area contributed by atoms with Crippen molar-refractivity contribution in [3.8, 4) is 0 Å². The van der Waals surface area contributed by atoms with E-state index in [9.17, 15) is 19.5 Å². The van der Waals surface area contributed by atoms with E-state index in [4.69, 9.17) is 0 Å². The number of carbonyl (C=O) groups is 3. The minimum Gasteiger partial charge on any atom is -0.480 e. The van der Waals surface area contributed by atoms with Crippen LogP contribution in [0.5, 0.6) is 0 Å². The van der Waals surface area contributed by atoms with E-state index in [0.29, 0.717) is 12.8 Å². The highest BCUT2D eigenvalue weighted by molar-refractivity contribution is 6.01. The molecule has 158 valence electrons. The molecule has 0 saturated carbocycles. The number of aliphatic carboxylic acids is 1. The normalized spacial score (nSPS) is 13.1. The number of para-hydroxylation sites is 1. The summed E-state index contributed by atoms with van der Waals surface area (Å²) in [6, 6.07) is 7.51. The van der Waals surface area contributed by atoms with Gasteiger partial charge in [-0.15, -0.1) is 0 Å². The van der Waals surface area contributed by atoms with Crippen LogP contribution in [-0.2, 0) is 20.8 Å². The molecule has 0 aliphatic rings. The summed E-state index contributed by atoms with van der Waals surface area (Å²) in [6.07, 6.45) is 2.76. The van der Waals surface area contributed by atoms with Gasteiger partial charge in [-0.1, -0.05) is 39.0 Å². The van der Waals surface area contributed by atoms with E-state index >= 15 is 0 Å². The standard InChI is InChI=1S/C22H31N3O4/c1-21(2,3)11-18(26)25-15(13-24-19(27)22(4,5)20(28)29)10-14-12-23-17-9-7-6-8-16(14)17/h6-9,12,15,23H,10-11,13H2,1-5H3,(H,24,27)(H,25,26)(H,28,29). The highest BCUT2D eigenvalue weighted by Crippen LogP contribution is 2.21. The summed E-state index contributed by atoms with van der Waals surface area (Å²) >= 11 is 0. The highest BCUT2D eigenvalue weighted by Gasteiger charge is 2.36. The molecule has 7 nitrogen and oxygen atoms in total. The summed E-state index contributed by atoms with van der Waals surface area (Å²) in [5.41, 5.74) is 0.316. The van der Waals surface area contributed by atoms with E-state index in [1.54, 1.807) is 0 Å². The zero-order chi connectivity index (χ0) is 21.8. The number of carboxylic acids is 1. The molecule has 4 N–H and O–H groups in total. The van der Waals surface area contributed by atoms with Crippen LogP contribution in [0.2, 0.25) is 0 Å². The summed E-state index contributed by atoms with van der Waals surface area (Å²) in [5.74, 6) is -1.88. The van der Waals surface area contributed by atoms with E-state index in [1.807, 2.05) is 51.2 Å². The van der Waals surface area contributed by atoms with Gasteiger partial charge in [-0.2, -0.15) is 0 Å². The van der Waals surface area contributed by atoms with Crippen LogP contribution >= 0.6 is 0 Å². The summed E-state index contributed by atoms with van der Waals surface area (Å²) in [5, 5.41) is 16.0. The average molecular weight is 402 g/mol. The molecule has 0 saturated heterocycles. The van der Waals surface area contributed by atoms with Crippen molar-refractivity contribution < 1.29 is 19.5 Å². The Hall–Kier alpha value is -2.83. The molecular formula is C22H31N3O4. The number of benzene rings is 1. The minimum atomic E-state index is -1.54. The number of aromatic amines is 1. The number of rotatable bonds is 8. The molecule has 0 bridgehead atoms. The van der Waals surface area contributed by atoms with Crippen molar-refractivity contribution >= 4 is 28.7 Å². The fraction of sp³-hybridized carbons (Fsp3) is 0.500. The Labute approximate surface area is 171 Å². The van der Waals surface area contributed by atoms with Gasteiger partial charge in [0.2, 0.25) is 11.8 Å². The van der Waals surface area contributed by atoms with Crippen LogP contribution in [0.4, 0.5) is 0 Å². The van der Waals surface area contributed by atoms with E-state index < -0.39 is 17.3 Å². The molecule has 2 aromatic rings. The maximum absolute atomic E-state index is 12.5. The topological polar surface area (TPSA) is 111 Å². The lowest BCUT2D eigenvalue weighted by Crippen LogP contribution is -2.49. The Bertz CT molecular complexity index is 893. The lowest BCUT2D eigenvalue weighted by molar-refractivity contribution is -0.153. The molecule has 2 rings (SSSR count). The van der Waals surface area contributed by atoms with Crippen LogP contribution in [0, 0.1) is 10.8 Å². The van der Waals surface area contributed by atoms with Gasteiger partial charge in [0, 0.05) is 30.1 Å². The molecule has 29 heavy (non-hydrogen) atoms. The SMILES string of the molecule is CC(C)(C)CC(=O)NC(CNC(=O)C(C)(C)C(=O)O)Cc1c[nH]c2ccccc12. The zero-order valence-electron chi connectivity index (χ0n) is 17.8. The Morgan fingerprint density at radius 3 is 2.38 bits per heavy atom. The van der Waals surface area contributed by atoms with Gasteiger partial charge in [-0.05, 0) is 37.3 Å². The first-order valence-electron chi connectivity index (χ1n) is 9.76. The van der Waals surface area contributed by atoms with Crippen molar-refractivity contribution in [2.24, 2.45) is 10.8 Å². The molecule has 0 spiro atoms. The van der Waals surface area contributed by atoms with Gasteiger partial charge >= 0.3 is 5.97 Å². The quantitative estimate of drug-likeness (QED) is 0.510. The predicted molar refractivity (Wildman–Crippen MR) is 112 cm³/mol. The number of hydrogen-bond acceptors (Lipinski definition) is 3. The zero-order valence-corrected chi connectivity index (χ0v) is 17.8. The summed E-state index contributed by atoms with van der Waals surface area (Å²) in [7, 11) is 0. The molecule has 1 atom stereocenters. The third-order valence-electron chi connectivity index (χ3n) is 4.81. The Morgan fingerprint density at radius 2 is 1.76 bits per heavy atom. The number of carboxylic acid groups (broad SMARTS) is 1. The van der Waals surface area contributed by atoms with E-state index in [1.165, 1.54) is 13.8 Å². The minimum absolute atomic E-state index is 0.103. The molecule has 0 radical (unpaired) electrons. The molecule has 0 aliphatic carbocycles. The van der Waals surface area contributed by atoms with Gasteiger partial charge in [0.05, 0.1) is 6.04 Å². The van der Waals surface area contributed by atoms with Crippen molar-refractivity contribution in [2.75, 3.05) is 6.54 Å². The lowest BCUT2D eigenvalue weighted by atomic mass is 9.91. The maximum Gasteiger partial charge on any atom is 0.318 e. The molecule has 1 aromatic carbocycles. The molecular weight excluding hydrogens is 370 g/mol. The van der Waals surface area contributed by atoms with Crippen LogP contribution in [0.15, 0.2) is 30.5 Å². The lowest BCUT2D eigenvalue weighted by Gasteiger charge is -2.25. The molecule has 0 fully saturated rings. The number of H-pyrrole nitrogens is 1. The molecule has 2 amide bonds. The van der Waals surface area contributed by atoms with E-state index in [2.05, 4.69) is 15.6 Å². The van der Waals surface area contributed by atoms with E-state index in [-0.39, 0.29) is 23.9 Å². The molecule has 1 aromatic heterocycles. The smallest absolute Gasteiger partial charge is 0.318 e. The van der Waals surface area contributed by atoms with Crippen LogP contribution < -0.4 is 10.6 Å². The average Bonchev–Trinajstić information content (AvgIpc) is 3.00. The molecule has 7 heteroatoms. The number of aromatic nitrogens is 1. The largest absolute Gasteiger partial charge is 0.480 e. The second-order valence-electron chi connectivity index (χ2n) is 9.21. The first kappa shape index (κ1) is 22.5. The first-order chi connectivity index (χ1) is 13.4. The van der Waals surface area contributed by atoms with Crippen LogP contribution in [0.25, 0.3) is 10.9 Å². The van der Waals surface area contributed by atoms with Gasteiger partial charge < -0.3 is 20.7 Å². The number of amides is 2. The third-order valence-corrected chi connectivity index (χ3v) is 4.81. The third kappa shape index (κ3) is 6.07. The fourth-order valence-corrected chi connectivity index (χ4v) is 3.03. The van der Waals surface area contributed by atoms with Crippen molar-refractivity contribution in [1.29, 1.82) is 0 Å². The summed E-state index contributed by atoms with van der Waals surface area (Å²) in [6.45, 7) is 8.81. The predicted octanol–water partition coefficient (Wildman–Crippen LogP) is 2.86.